The molecule has 0 aromatic carbocycles. The summed E-state index contributed by atoms with van der Waals surface area (Å²) in [6, 6.07) is 0. The second-order valence-corrected chi connectivity index (χ2v) is 6.20. The van der Waals surface area contributed by atoms with Crippen LogP contribution in [-0.4, -0.2) is 18.9 Å². The van der Waals surface area contributed by atoms with E-state index in [1.807, 2.05) is 13.8 Å². The Morgan fingerprint density at radius 1 is 1.50 bits per heavy atom. The van der Waals surface area contributed by atoms with E-state index >= 15 is 0 Å². The van der Waals surface area contributed by atoms with Crippen molar-refractivity contribution in [1.82, 2.24) is 0 Å². The van der Waals surface area contributed by atoms with Crippen LogP contribution in [0.25, 0.3) is 0 Å². The number of ether oxygens (including phenoxy) is 1. The first-order chi connectivity index (χ1) is 8.32. The Morgan fingerprint density at radius 2 is 2.11 bits per heavy atom. The Hall–Kier alpha value is -1.12. The van der Waals surface area contributed by atoms with E-state index in [4.69, 9.17) is 4.74 Å². The van der Waals surface area contributed by atoms with Crippen LogP contribution >= 0.6 is 0 Å². The molecule has 0 aromatic heterocycles. The molecule has 0 spiro atoms. The minimum absolute atomic E-state index is 0.0385. The molecule has 3 nitrogen and oxygen atoms in total. The number of methoxy groups -OCH3 is 1. The number of hydrogen-bond donors (Lipinski definition) is 0. The van der Waals surface area contributed by atoms with Gasteiger partial charge in [0.05, 0.1) is 13.0 Å². The van der Waals surface area contributed by atoms with Crippen LogP contribution < -0.4 is 0 Å². The molecule has 0 amide bonds. The van der Waals surface area contributed by atoms with E-state index in [0.29, 0.717) is 12.2 Å². The number of esters is 1. The maximum Gasteiger partial charge on any atom is 0.309 e. The molecule has 2 bridgehead atoms. The van der Waals surface area contributed by atoms with Gasteiger partial charge in [0.15, 0.2) is 0 Å². The van der Waals surface area contributed by atoms with Crippen molar-refractivity contribution in [2.75, 3.05) is 7.11 Å². The van der Waals surface area contributed by atoms with Gasteiger partial charge in [0.25, 0.3) is 0 Å². The van der Waals surface area contributed by atoms with Gasteiger partial charge in [-0.15, -0.1) is 0 Å². The Labute approximate surface area is 109 Å². The molecule has 0 radical (unpaired) electrons. The molecule has 3 saturated carbocycles. The summed E-state index contributed by atoms with van der Waals surface area (Å²) in [5.41, 5.74) is 0.789. The van der Waals surface area contributed by atoms with E-state index in [2.05, 4.69) is 13.5 Å². The monoisotopic (exact) mass is 250 g/mol. The van der Waals surface area contributed by atoms with Gasteiger partial charge in [-0.2, -0.15) is 0 Å². The molecule has 0 heterocycles. The van der Waals surface area contributed by atoms with E-state index in [-0.39, 0.29) is 35.1 Å². The highest BCUT2D eigenvalue weighted by molar-refractivity contribution is 5.89. The number of carbonyl (C=O) groups excluding carboxylic acids is 2. The Bertz CT molecular complexity index is 412. The molecule has 0 N–H and O–H groups in total. The summed E-state index contributed by atoms with van der Waals surface area (Å²) in [5.74, 6) is 0.133. The summed E-state index contributed by atoms with van der Waals surface area (Å²) in [7, 11) is 1.43. The third-order valence-electron chi connectivity index (χ3n) is 5.33. The maximum atomic E-state index is 12.4. The van der Waals surface area contributed by atoms with Crippen LogP contribution in [0.2, 0.25) is 0 Å². The number of hydrogen-bond acceptors (Lipinski definition) is 3. The predicted octanol–water partition coefficient (Wildman–Crippen LogP) is 2.60. The van der Waals surface area contributed by atoms with Gasteiger partial charge in [-0.3, -0.25) is 9.59 Å². The topological polar surface area (TPSA) is 43.4 Å². The Balaban J connectivity index is 2.39. The van der Waals surface area contributed by atoms with Crippen molar-refractivity contribution in [2.45, 2.75) is 33.6 Å². The number of rotatable bonds is 2. The van der Waals surface area contributed by atoms with Crippen LogP contribution in [0.1, 0.15) is 33.6 Å². The van der Waals surface area contributed by atoms with Gasteiger partial charge >= 0.3 is 5.97 Å². The van der Waals surface area contributed by atoms with Gasteiger partial charge < -0.3 is 4.74 Å². The first-order valence-electron chi connectivity index (χ1n) is 6.60. The van der Waals surface area contributed by atoms with Crippen molar-refractivity contribution in [2.24, 2.45) is 29.1 Å². The summed E-state index contributed by atoms with van der Waals surface area (Å²) in [6.07, 6.45) is 1.50. The first-order valence-corrected chi connectivity index (χ1v) is 6.60. The van der Waals surface area contributed by atoms with Gasteiger partial charge in [-0.05, 0) is 31.1 Å². The second-order valence-electron chi connectivity index (χ2n) is 6.20. The fourth-order valence-corrected chi connectivity index (χ4v) is 3.91. The quantitative estimate of drug-likeness (QED) is 0.559. The zero-order valence-corrected chi connectivity index (χ0v) is 11.7. The van der Waals surface area contributed by atoms with Crippen LogP contribution in [0.5, 0.6) is 0 Å². The zero-order valence-electron chi connectivity index (χ0n) is 11.7. The predicted molar refractivity (Wildman–Crippen MR) is 68.8 cm³/mol. The fourth-order valence-electron chi connectivity index (χ4n) is 3.91. The standard InChI is InChI=1S/C15H22O3/c1-8(2)11-7-15(4)9(3)13(16)10(11)6-12(15)14(17)18-5/h9-12H,1,6-7H2,2-5H3/t9-,10+,11+,12-,15-/m1/s1. The largest absolute Gasteiger partial charge is 0.469 e. The number of Topliss-reactive ketones (excluding diaryl/α,β-unsaturated/α-hetero) is 1. The lowest BCUT2D eigenvalue weighted by atomic mass is 9.47. The minimum atomic E-state index is -0.275. The Morgan fingerprint density at radius 3 is 2.61 bits per heavy atom. The molecule has 18 heavy (non-hydrogen) atoms. The van der Waals surface area contributed by atoms with Crippen molar-refractivity contribution >= 4 is 11.8 Å². The van der Waals surface area contributed by atoms with Gasteiger partial charge in [0, 0.05) is 11.8 Å². The van der Waals surface area contributed by atoms with Crippen molar-refractivity contribution < 1.29 is 14.3 Å². The average Bonchev–Trinajstić information content (AvgIpc) is 2.33. The molecule has 0 aliphatic heterocycles. The maximum absolute atomic E-state index is 12.4. The highest BCUT2D eigenvalue weighted by atomic mass is 16.5. The summed E-state index contributed by atoms with van der Waals surface area (Å²) in [4.78, 5) is 24.3. The summed E-state index contributed by atoms with van der Waals surface area (Å²) in [6.45, 7) is 10.0. The lowest BCUT2D eigenvalue weighted by Gasteiger charge is -2.55. The number of ketones is 1. The van der Waals surface area contributed by atoms with Crippen LogP contribution in [0, 0.1) is 29.1 Å². The van der Waals surface area contributed by atoms with Crippen molar-refractivity contribution in [3.8, 4) is 0 Å². The molecule has 0 unspecified atom stereocenters. The van der Waals surface area contributed by atoms with Gasteiger partial charge in [-0.1, -0.05) is 26.0 Å². The average molecular weight is 250 g/mol. The minimum Gasteiger partial charge on any atom is -0.469 e. The smallest absolute Gasteiger partial charge is 0.309 e. The first kappa shape index (κ1) is 13.3. The molecule has 5 atom stereocenters. The van der Waals surface area contributed by atoms with E-state index in [1.54, 1.807) is 0 Å². The summed E-state index contributed by atoms with van der Waals surface area (Å²) in [5, 5.41) is 0. The van der Waals surface area contributed by atoms with Crippen LogP contribution in [0.3, 0.4) is 0 Å². The van der Waals surface area contributed by atoms with Crippen molar-refractivity contribution in [3.63, 3.8) is 0 Å². The molecular weight excluding hydrogens is 228 g/mol. The Kier molecular flexibility index (Phi) is 3.12. The molecule has 0 saturated heterocycles. The lowest BCUT2D eigenvalue weighted by molar-refractivity contribution is -0.169. The van der Waals surface area contributed by atoms with E-state index < -0.39 is 0 Å². The molecule has 3 heteroatoms. The van der Waals surface area contributed by atoms with Crippen molar-refractivity contribution in [1.29, 1.82) is 0 Å². The lowest BCUT2D eigenvalue weighted by Crippen LogP contribution is -2.57. The van der Waals surface area contributed by atoms with Gasteiger partial charge in [0.2, 0.25) is 0 Å². The van der Waals surface area contributed by atoms with Crippen molar-refractivity contribution in [3.05, 3.63) is 12.2 Å². The molecular formula is C15H22O3. The molecule has 3 fully saturated rings. The highest BCUT2D eigenvalue weighted by Crippen LogP contribution is 2.58. The fraction of sp³-hybridized carbons (Fsp3) is 0.733. The van der Waals surface area contributed by atoms with E-state index in [1.165, 1.54) is 7.11 Å². The molecule has 3 rings (SSSR count). The summed E-state index contributed by atoms with van der Waals surface area (Å²) >= 11 is 0. The molecule has 3 aliphatic carbocycles. The number of fused-ring (bicyclic) bond motifs is 3. The van der Waals surface area contributed by atoms with Crippen LogP contribution in [0.15, 0.2) is 12.2 Å². The normalized spacial score (nSPS) is 42.8. The van der Waals surface area contributed by atoms with E-state index in [9.17, 15) is 9.59 Å². The van der Waals surface area contributed by atoms with Crippen LogP contribution in [-0.2, 0) is 14.3 Å². The third-order valence-corrected chi connectivity index (χ3v) is 5.33. The molecule has 3 aliphatic rings. The number of allylic oxidation sites excluding steroid dienone is 1. The van der Waals surface area contributed by atoms with Crippen LogP contribution in [0.4, 0.5) is 0 Å². The molecule has 0 aromatic rings. The highest BCUT2D eigenvalue weighted by Gasteiger charge is 2.59. The number of carbonyl (C=O) groups is 2. The second kappa shape index (κ2) is 4.22. The summed E-state index contributed by atoms with van der Waals surface area (Å²) < 4.78 is 4.91. The zero-order chi connectivity index (χ0) is 13.7. The van der Waals surface area contributed by atoms with E-state index in [0.717, 1.165) is 12.0 Å². The SMILES string of the molecule is C=C(C)[C@@H]1C[C@]2(C)[C@H](C)C(=O)[C@H]1C[C@@H]2C(=O)OC. The van der Waals surface area contributed by atoms with Gasteiger partial charge in [0.1, 0.15) is 5.78 Å². The van der Waals surface area contributed by atoms with Gasteiger partial charge in [-0.25, -0.2) is 0 Å². The third kappa shape index (κ3) is 1.63. The molecule has 100 valence electrons.